The summed E-state index contributed by atoms with van der Waals surface area (Å²) in [6, 6.07) is 28.4. The van der Waals surface area contributed by atoms with Crippen LogP contribution in [0, 0.1) is 0 Å². The summed E-state index contributed by atoms with van der Waals surface area (Å²) in [6.07, 6.45) is 0.685. The van der Waals surface area contributed by atoms with E-state index in [1.165, 1.54) is 10.8 Å². The number of fused-ring (bicyclic) bond motifs is 2. The highest BCUT2D eigenvalue weighted by atomic mass is 16.5. The second kappa shape index (κ2) is 7.32. The molecule has 144 valence electrons. The van der Waals surface area contributed by atoms with Crippen LogP contribution in [0.2, 0.25) is 0 Å². The predicted molar refractivity (Wildman–Crippen MR) is 115 cm³/mol. The molecule has 1 heterocycles. The minimum absolute atomic E-state index is 0.274. The Morgan fingerprint density at radius 2 is 1.24 bits per heavy atom. The Kier molecular flexibility index (Phi) is 4.51. The van der Waals surface area contributed by atoms with Crippen molar-refractivity contribution in [3.8, 4) is 0 Å². The first kappa shape index (κ1) is 17.9. The summed E-state index contributed by atoms with van der Waals surface area (Å²) in [5.41, 5.74) is 2.16. The van der Waals surface area contributed by atoms with Gasteiger partial charge in [0.25, 0.3) is 5.91 Å². The van der Waals surface area contributed by atoms with Gasteiger partial charge in [-0.1, -0.05) is 84.9 Å². The monoisotopic (exact) mass is 382 g/mol. The van der Waals surface area contributed by atoms with Crippen LogP contribution in [0.1, 0.15) is 11.1 Å². The van der Waals surface area contributed by atoms with Crippen LogP contribution >= 0.6 is 0 Å². The van der Waals surface area contributed by atoms with Crippen molar-refractivity contribution in [3.63, 3.8) is 0 Å². The van der Waals surface area contributed by atoms with Crippen LogP contribution in [-0.4, -0.2) is 28.4 Å². The summed E-state index contributed by atoms with van der Waals surface area (Å²) in [6.45, 7) is 0. The van der Waals surface area contributed by atoms with Crippen molar-refractivity contribution in [1.29, 1.82) is 0 Å². The molecule has 29 heavy (non-hydrogen) atoms. The van der Waals surface area contributed by atoms with E-state index in [1.54, 1.807) is 0 Å². The average Bonchev–Trinajstić information content (AvgIpc) is 3.01. The number of hydrogen-bond acceptors (Lipinski definition) is 3. The SMILES string of the molecule is O=C1C(Cc2ccc3ccccc3c2)NC(Cc2ccc3ccccc3c2)N1O. The molecular formula is C25H22N2O2. The molecule has 0 radical (unpaired) electrons. The second-order valence-corrected chi connectivity index (χ2v) is 7.69. The molecule has 0 aliphatic carbocycles. The molecular weight excluding hydrogens is 360 g/mol. The number of rotatable bonds is 4. The Balaban J connectivity index is 1.33. The first-order valence-corrected chi connectivity index (χ1v) is 9.91. The largest absolute Gasteiger partial charge is 0.284 e. The number of hydroxylamine groups is 2. The van der Waals surface area contributed by atoms with E-state index in [0.29, 0.717) is 12.8 Å². The van der Waals surface area contributed by atoms with Gasteiger partial charge in [0, 0.05) is 6.42 Å². The van der Waals surface area contributed by atoms with Gasteiger partial charge >= 0.3 is 0 Å². The first-order valence-electron chi connectivity index (χ1n) is 9.91. The first-order chi connectivity index (χ1) is 14.2. The van der Waals surface area contributed by atoms with Gasteiger partial charge in [-0.15, -0.1) is 0 Å². The van der Waals surface area contributed by atoms with Gasteiger partial charge in [0.05, 0.1) is 6.04 Å². The zero-order valence-corrected chi connectivity index (χ0v) is 16.0. The van der Waals surface area contributed by atoms with Crippen molar-refractivity contribution in [2.75, 3.05) is 0 Å². The number of nitrogens with zero attached hydrogens (tertiary/aromatic N) is 1. The Morgan fingerprint density at radius 1 is 0.724 bits per heavy atom. The van der Waals surface area contributed by atoms with Crippen LogP contribution in [0.25, 0.3) is 21.5 Å². The highest BCUT2D eigenvalue weighted by Crippen LogP contribution is 2.22. The van der Waals surface area contributed by atoms with Gasteiger partial charge < -0.3 is 0 Å². The molecule has 4 aromatic rings. The maximum absolute atomic E-state index is 12.6. The Hall–Kier alpha value is -3.21. The molecule has 0 aromatic heterocycles. The maximum atomic E-state index is 12.6. The molecule has 1 amide bonds. The van der Waals surface area contributed by atoms with Gasteiger partial charge in [0.15, 0.2) is 0 Å². The third kappa shape index (κ3) is 3.48. The normalized spacial score (nSPS) is 19.3. The second-order valence-electron chi connectivity index (χ2n) is 7.69. The van der Waals surface area contributed by atoms with Crippen LogP contribution < -0.4 is 5.32 Å². The fraction of sp³-hybridized carbons (Fsp3) is 0.160. The van der Waals surface area contributed by atoms with E-state index in [9.17, 15) is 10.0 Å². The summed E-state index contributed by atoms with van der Waals surface area (Å²) in [5, 5.41) is 19.2. The smallest absolute Gasteiger partial charge is 0.264 e. The van der Waals surface area contributed by atoms with E-state index in [2.05, 4.69) is 66.0 Å². The maximum Gasteiger partial charge on any atom is 0.264 e. The molecule has 4 nitrogen and oxygen atoms in total. The zero-order valence-electron chi connectivity index (χ0n) is 16.0. The molecule has 1 aliphatic rings. The van der Waals surface area contributed by atoms with Gasteiger partial charge in [-0.3, -0.25) is 15.3 Å². The van der Waals surface area contributed by atoms with E-state index in [0.717, 1.165) is 27.0 Å². The minimum atomic E-state index is -0.424. The third-order valence-electron chi connectivity index (χ3n) is 5.71. The van der Waals surface area contributed by atoms with Crippen molar-refractivity contribution in [1.82, 2.24) is 10.4 Å². The lowest BCUT2D eigenvalue weighted by molar-refractivity contribution is -0.166. The van der Waals surface area contributed by atoms with Gasteiger partial charge in [-0.25, -0.2) is 5.06 Å². The summed E-state index contributed by atoms with van der Waals surface area (Å²) < 4.78 is 0. The molecule has 4 heteroatoms. The molecule has 2 N–H and O–H groups in total. The molecule has 2 atom stereocenters. The van der Waals surface area contributed by atoms with Gasteiger partial charge in [0.1, 0.15) is 6.17 Å². The molecule has 0 saturated carbocycles. The fourth-order valence-corrected chi connectivity index (χ4v) is 4.17. The lowest BCUT2D eigenvalue weighted by Gasteiger charge is -2.17. The molecule has 2 unspecified atom stereocenters. The van der Waals surface area contributed by atoms with Crippen molar-refractivity contribution in [3.05, 3.63) is 96.1 Å². The van der Waals surface area contributed by atoms with Crippen molar-refractivity contribution in [2.24, 2.45) is 0 Å². The predicted octanol–water partition coefficient (Wildman–Crippen LogP) is 4.29. The van der Waals surface area contributed by atoms with E-state index < -0.39 is 12.2 Å². The molecule has 0 bridgehead atoms. The van der Waals surface area contributed by atoms with Crippen LogP contribution in [0.4, 0.5) is 0 Å². The van der Waals surface area contributed by atoms with Crippen molar-refractivity contribution in [2.45, 2.75) is 25.0 Å². The fourth-order valence-electron chi connectivity index (χ4n) is 4.17. The Bertz CT molecular complexity index is 1200. The van der Waals surface area contributed by atoms with Gasteiger partial charge in [-0.2, -0.15) is 0 Å². The van der Waals surface area contributed by atoms with Gasteiger partial charge in [-0.05, 0) is 39.1 Å². The van der Waals surface area contributed by atoms with Crippen LogP contribution in [-0.2, 0) is 17.6 Å². The number of nitrogens with one attached hydrogen (secondary N) is 1. The average molecular weight is 382 g/mol. The van der Waals surface area contributed by atoms with Crippen molar-refractivity contribution >= 4 is 27.5 Å². The lowest BCUT2D eigenvalue weighted by atomic mass is 10.0. The number of hydrogen-bond donors (Lipinski definition) is 2. The lowest BCUT2D eigenvalue weighted by Crippen LogP contribution is -2.37. The molecule has 4 aromatic carbocycles. The van der Waals surface area contributed by atoms with Gasteiger partial charge in [0.2, 0.25) is 0 Å². The molecule has 5 rings (SSSR count). The van der Waals surface area contributed by atoms with Crippen molar-refractivity contribution < 1.29 is 10.0 Å². The number of carbonyl (C=O) groups is 1. The number of carbonyl (C=O) groups excluding carboxylic acids is 1. The Morgan fingerprint density at radius 3 is 1.83 bits per heavy atom. The quantitative estimate of drug-likeness (QED) is 0.518. The number of benzene rings is 4. The van der Waals surface area contributed by atoms with E-state index >= 15 is 0 Å². The molecule has 1 fully saturated rings. The summed E-state index contributed by atoms with van der Waals surface area (Å²) in [5.74, 6) is -0.274. The van der Waals surface area contributed by atoms with E-state index in [1.807, 2.05) is 24.3 Å². The molecule has 1 saturated heterocycles. The van der Waals surface area contributed by atoms with E-state index in [-0.39, 0.29) is 5.91 Å². The summed E-state index contributed by atoms with van der Waals surface area (Å²) in [7, 11) is 0. The summed E-state index contributed by atoms with van der Waals surface area (Å²) >= 11 is 0. The van der Waals surface area contributed by atoms with Crippen LogP contribution in [0.5, 0.6) is 0 Å². The summed E-state index contributed by atoms with van der Waals surface area (Å²) in [4.78, 5) is 12.6. The topological polar surface area (TPSA) is 52.6 Å². The molecule has 0 spiro atoms. The minimum Gasteiger partial charge on any atom is -0.284 e. The molecule has 1 aliphatic heterocycles. The highest BCUT2D eigenvalue weighted by molar-refractivity contribution is 5.86. The number of amides is 1. The zero-order chi connectivity index (χ0) is 19.8. The third-order valence-corrected chi connectivity index (χ3v) is 5.71. The highest BCUT2D eigenvalue weighted by Gasteiger charge is 2.38. The Labute approximate surface area is 169 Å². The van der Waals surface area contributed by atoms with Crippen LogP contribution in [0.15, 0.2) is 84.9 Å². The van der Waals surface area contributed by atoms with Crippen LogP contribution in [0.3, 0.4) is 0 Å². The standard InChI is InChI=1S/C25H22N2O2/c28-25-23(15-17-9-11-19-5-1-3-7-21(19)13-17)26-24(27(25)29)16-18-10-12-20-6-2-4-8-22(20)14-18/h1-14,23-24,26,29H,15-16H2. The van der Waals surface area contributed by atoms with E-state index in [4.69, 9.17) is 0 Å².